The normalized spacial score (nSPS) is 19.5. The highest BCUT2D eigenvalue weighted by atomic mass is 35.5. The van der Waals surface area contributed by atoms with Crippen LogP contribution in [0.2, 0.25) is 0 Å². The molecule has 1 aromatic carbocycles. The Hall–Kier alpha value is -3.68. The maximum atomic E-state index is 12.8. The van der Waals surface area contributed by atoms with Crippen molar-refractivity contribution >= 4 is 33.4 Å². The van der Waals surface area contributed by atoms with Crippen molar-refractivity contribution in [3.05, 3.63) is 72.5 Å². The molecule has 0 saturated heterocycles. The number of aromatic nitrogens is 2. The van der Waals surface area contributed by atoms with Gasteiger partial charge in [-0.2, -0.15) is 0 Å². The standard InChI is InChI=1S/C34H46ClN3O9S/c1-7-34(6)16-15-27(21-29(34)25(4)22-35)26(5)23-37(24(2)3)17-18-44-30(39)13-14-31(40)45-19-20-46-32-33(38(41)47-36-32)48(42,43)28-11-9-8-10-12-28/h7-12,24,27,29H,1,4-5,13-23H2,2-3,6H3/t27-,29+,34-/m1/s1. The number of hydrogen-bond donors (Lipinski definition) is 0. The summed E-state index contributed by atoms with van der Waals surface area (Å²) in [6.07, 6.45) is 4.55. The van der Waals surface area contributed by atoms with E-state index >= 15 is 0 Å². The van der Waals surface area contributed by atoms with Crippen LogP contribution in [0.5, 0.6) is 5.88 Å². The SMILES string of the molecule is C=C[C@]1(C)CC[C@@H](C(=C)CN(CCOC(=O)CCC(=O)OCCOc2no[n+]([O-])c2S(=O)(=O)c2ccccc2)C(C)C)C[C@H]1C(=C)CCl. The van der Waals surface area contributed by atoms with E-state index in [-0.39, 0.29) is 59.8 Å². The van der Waals surface area contributed by atoms with Crippen LogP contribution in [0.4, 0.5) is 0 Å². The van der Waals surface area contributed by atoms with Gasteiger partial charge < -0.3 is 19.4 Å². The molecule has 3 rings (SSSR count). The third kappa shape index (κ3) is 10.2. The van der Waals surface area contributed by atoms with Crippen LogP contribution in [0.3, 0.4) is 0 Å². The summed E-state index contributed by atoms with van der Waals surface area (Å²) >= 11 is 6.16. The number of nitrogens with zero attached hydrogens (tertiary/aromatic N) is 3. The van der Waals surface area contributed by atoms with Crippen molar-refractivity contribution < 1.29 is 41.7 Å². The van der Waals surface area contributed by atoms with Crippen LogP contribution in [0, 0.1) is 22.5 Å². The van der Waals surface area contributed by atoms with E-state index in [4.69, 9.17) is 25.8 Å². The molecular formula is C34H46ClN3O9S. The Morgan fingerprint density at radius 2 is 1.79 bits per heavy atom. The zero-order chi connectivity index (χ0) is 35.5. The Balaban J connectivity index is 1.38. The molecule has 48 heavy (non-hydrogen) atoms. The third-order valence-corrected chi connectivity index (χ3v) is 10.9. The number of hydrogen-bond acceptors (Lipinski definition) is 11. The monoisotopic (exact) mass is 707 g/mol. The van der Waals surface area contributed by atoms with Crippen LogP contribution >= 0.6 is 11.6 Å². The molecule has 0 N–H and O–H groups in total. The zero-order valence-electron chi connectivity index (χ0n) is 27.9. The molecule has 1 saturated carbocycles. The summed E-state index contributed by atoms with van der Waals surface area (Å²) in [5, 5.41) is 14.5. The number of alkyl halides is 1. The van der Waals surface area contributed by atoms with E-state index in [1.54, 1.807) is 6.07 Å². The molecule has 0 bridgehead atoms. The summed E-state index contributed by atoms with van der Waals surface area (Å²) in [5.41, 5.74) is 2.12. The zero-order valence-corrected chi connectivity index (χ0v) is 29.5. The minimum absolute atomic E-state index is 0.0349. The molecule has 1 aliphatic carbocycles. The van der Waals surface area contributed by atoms with Crippen LogP contribution < -0.4 is 9.64 Å². The summed E-state index contributed by atoms with van der Waals surface area (Å²) in [4.78, 5) is 26.3. The lowest BCUT2D eigenvalue weighted by Gasteiger charge is -2.44. The van der Waals surface area contributed by atoms with E-state index in [0.29, 0.717) is 24.9 Å². The van der Waals surface area contributed by atoms with E-state index < -0.39 is 32.7 Å². The summed E-state index contributed by atoms with van der Waals surface area (Å²) in [6.45, 7) is 19.8. The minimum atomic E-state index is -4.28. The first-order chi connectivity index (χ1) is 22.7. The molecule has 0 amide bonds. The Morgan fingerprint density at radius 3 is 2.40 bits per heavy atom. The summed E-state index contributed by atoms with van der Waals surface area (Å²) in [5.74, 6) is -0.799. The number of rotatable bonds is 19. The van der Waals surface area contributed by atoms with Gasteiger partial charge in [0.15, 0.2) is 0 Å². The van der Waals surface area contributed by atoms with Crippen molar-refractivity contribution in [2.75, 3.05) is 38.8 Å². The molecule has 1 fully saturated rings. The predicted octanol–water partition coefficient (Wildman–Crippen LogP) is 5.06. The summed E-state index contributed by atoms with van der Waals surface area (Å²) < 4.78 is 45.7. The van der Waals surface area contributed by atoms with Gasteiger partial charge >= 0.3 is 22.8 Å². The fourth-order valence-corrected chi connectivity index (χ4v) is 7.22. The van der Waals surface area contributed by atoms with Gasteiger partial charge in [-0.05, 0) is 67.4 Å². The van der Waals surface area contributed by atoms with Crippen LogP contribution in [0.1, 0.15) is 52.9 Å². The molecule has 2 aromatic rings. The van der Waals surface area contributed by atoms with Crippen LogP contribution in [0.15, 0.2) is 81.8 Å². The van der Waals surface area contributed by atoms with E-state index in [0.717, 1.165) is 30.4 Å². The van der Waals surface area contributed by atoms with Crippen LogP contribution in [-0.4, -0.2) is 75.2 Å². The van der Waals surface area contributed by atoms with Crippen LogP contribution in [0.25, 0.3) is 0 Å². The number of allylic oxidation sites excluding steroid dienone is 2. The largest absolute Gasteiger partial charge is 0.464 e. The first-order valence-corrected chi connectivity index (χ1v) is 17.9. The van der Waals surface area contributed by atoms with Gasteiger partial charge in [0.2, 0.25) is 0 Å². The average molecular weight is 708 g/mol. The van der Waals surface area contributed by atoms with Crippen molar-refractivity contribution in [3.8, 4) is 5.88 Å². The van der Waals surface area contributed by atoms with E-state index in [1.165, 1.54) is 24.3 Å². The maximum Gasteiger partial charge on any atom is 0.415 e. The number of sulfone groups is 1. The second kappa shape index (κ2) is 17.6. The fraction of sp³-hybridized carbons (Fsp3) is 0.529. The molecule has 14 heteroatoms. The van der Waals surface area contributed by atoms with Gasteiger partial charge in [-0.25, -0.2) is 8.42 Å². The number of halogens is 1. The van der Waals surface area contributed by atoms with Gasteiger partial charge in [0, 0.05) is 25.0 Å². The highest BCUT2D eigenvalue weighted by Gasteiger charge is 2.40. The Bertz CT molecular complexity index is 1540. The van der Waals surface area contributed by atoms with Crippen LogP contribution in [-0.2, 0) is 28.9 Å². The second-order valence-corrected chi connectivity index (χ2v) is 14.5. The summed E-state index contributed by atoms with van der Waals surface area (Å²) in [6, 6.07) is 7.43. The van der Waals surface area contributed by atoms with E-state index in [1.807, 2.05) is 6.08 Å². The minimum Gasteiger partial charge on any atom is -0.464 e. The lowest BCUT2D eigenvalue weighted by atomic mass is 9.61. The fourth-order valence-electron chi connectivity index (χ4n) is 5.74. The highest BCUT2D eigenvalue weighted by Crippen LogP contribution is 2.49. The lowest BCUT2D eigenvalue weighted by Crippen LogP contribution is -2.39. The Labute approximate surface area is 287 Å². The van der Waals surface area contributed by atoms with Gasteiger partial charge in [0.05, 0.1) is 22.9 Å². The smallest absolute Gasteiger partial charge is 0.415 e. The van der Waals surface area contributed by atoms with Gasteiger partial charge in [0.1, 0.15) is 19.8 Å². The Morgan fingerprint density at radius 1 is 1.15 bits per heavy atom. The van der Waals surface area contributed by atoms with Gasteiger partial charge in [-0.1, -0.05) is 55.5 Å². The van der Waals surface area contributed by atoms with Gasteiger partial charge in [-0.3, -0.25) is 19.1 Å². The third-order valence-electron chi connectivity index (χ3n) is 8.81. The molecular weight excluding hydrogens is 662 g/mol. The van der Waals surface area contributed by atoms with Crippen molar-refractivity contribution in [3.63, 3.8) is 0 Å². The predicted molar refractivity (Wildman–Crippen MR) is 179 cm³/mol. The molecule has 1 heterocycles. The molecule has 0 radical (unpaired) electrons. The maximum absolute atomic E-state index is 12.8. The van der Waals surface area contributed by atoms with Gasteiger partial charge in [0.25, 0.3) is 9.84 Å². The quantitative estimate of drug-likeness (QED) is 0.0634. The average Bonchev–Trinajstić information content (AvgIpc) is 3.45. The number of carbonyl (C=O) groups is 2. The van der Waals surface area contributed by atoms with Gasteiger partial charge in [-0.15, -0.1) is 18.2 Å². The number of benzene rings is 1. The molecule has 1 aromatic heterocycles. The van der Waals surface area contributed by atoms with E-state index in [9.17, 15) is 23.2 Å². The van der Waals surface area contributed by atoms with E-state index in [2.05, 4.69) is 55.2 Å². The first kappa shape index (κ1) is 38.8. The number of esters is 2. The Kier molecular flexibility index (Phi) is 14.2. The molecule has 264 valence electrons. The van der Waals surface area contributed by atoms with Crippen molar-refractivity contribution in [1.29, 1.82) is 0 Å². The topological polar surface area (TPSA) is 152 Å². The molecule has 12 nitrogen and oxygen atoms in total. The lowest BCUT2D eigenvalue weighted by molar-refractivity contribution is -0.832. The van der Waals surface area contributed by atoms with Crippen molar-refractivity contribution in [1.82, 2.24) is 10.1 Å². The molecule has 1 aliphatic rings. The number of carbonyl (C=O) groups excluding carboxylic acids is 2. The first-order valence-electron chi connectivity index (χ1n) is 15.9. The molecule has 0 aliphatic heterocycles. The van der Waals surface area contributed by atoms with Crippen molar-refractivity contribution in [2.45, 2.75) is 68.8 Å². The number of ether oxygens (including phenoxy) is 3. The highest BCUT2D eigenvalue weighted by molar-refractivity contribution is 7.91. The molecule has 0 spiro atoms. The summed E-state index contributed by atoms with van der Waals surface area (Å²) in [7, 11) is -4.28. The molecule has 3 atom stereocenters. The molecule has 0 unspecified atom stereocenters. The second-order valence-electron chi connectivity index (χ2n) is 12.4. The van der Waals surface area contributed by atoms with Crippen molar-refractivity contribution in [2.24, 2.45) is 17.3 Å².